The van der Waals surface area contributed by atoms with Crippen LogP contribution in [-0.4, -0.2) is 7.11 Å². The van der Waals surface area contributed by atoms with Gasteiger partial charge in [-0.15, -0.1) is 0 Å². The van der Waals surface area contributed by atoms with E-state index in [2.05, 4.69) is 4.74 Å². The van der Waals surface area contributed by atoms with E-state index in [0.717, 1.165) is 6.07 Å². The van der Waals surface area contributed by atoms with Crippen molar-refractivity contribution in [3.63, 3.8) is 0 Å². The molecular weight excluding hydrogens is 147 g/mol. The average Bonchev–Trinajstić information content (AvgIpc) is 1.97. The van der Waals surface area contributed by atoms with Gasteiger partial charge in [0.2, 0.25) is 0 Å². The molecule has 0 bridgehead atoms. The van der Waals surface area contributed by atoms with Gasteiger partial charge in [-0.2, -0.15) is 0 Å². The van der Waals surface area contributed by atoms with Crippen LogP contribution in [0.3, 0.4) is 0 Å². The van der Waals surface area contributed by atoms with Crippen LogP contribution in [0.4, 0.5) is 15.8 Å². The summed E-state index contributed by atoms with van der Waals surface area (Å²) in [6.45, 7) is 0. The van der Waals surface area contributed by atoms with Crippen LogP contribution in [0.2, 0.25) is 0 Å². The van der Waals surface area contributed by atoms with E-state index in [1.54, 1.807) is 0 Å². The zero-order chi connectivity index (χ0) is 8.43. The van der Waals surface area contributed by atoms with Crippen LogP contribution >= 0.6 is 0 Å². The summed E-state index contributed by atoms with van der Waals surface area (Å²) in [6, 6.07) is 2.48. The van der Waals surface area contributed by atoms with Gasteiger partial charge >= 0.3 is 0 Å². The van der Waals surface area contributed by atoms with Gasteiger partial charge in [0.05, 0.1) is 18.5 Å². The van der Waals surface area contributed by atoms with Crippen molar-refractivity contribution in [1.82, 2.24) is 0 Å². The van der Waals surface area contributed by atoms with Gasteiger partial charge in [0.25, 0.3) is 0 Å². The molecule has 4 heteroatoms. The molecule has 4 N–H and O–H groups in total. The first-order valence-electron chi connectivity index (χ1n) is 3.03. The van der Waals surface area contributed by atoms with Gasteiger partial charge in [-0.05, 0) is 0 Å². The Morgan fingerprint density at radius 1 is 1.27 bits per heavy atom. The quantitative estimate of drug-likeness (QED) is 0.596. The largest absolute Gasteiger partial charge is 0.494 e. The molecule has 3 nitrogen and oxygen atoms in total. The number of nitrogen functional groups attached to an aromatic ring is 2. The lowest BCUT2D eigenvalue weighted by atomic mass is 10.2. The van der Waals surface area contributed by atoms with Crippen molar-refractivity contribution >= 4 is 11.4 Å². The minimum absolute atomic E-state index is 0.108. The highest BCUT2D eigenvalue weighted by molar-refractivity contribution is 5.65. The monoisotopic (exact) mass is 156 g/mol. The molecule has 0 saturated heterocycles. The van der Waals surface area contributed by atoms with Crippen LogP contribution in [0.15, 0.2) is 12.1 Å². The van der Waals surface area contributed by atoms with Crippen LogP contribution in [0.25, 0.3) is 0 Å². The molecule has 1 aromatic rings. The van der Waals surface area contributed by atoms with Gasteiger partial charge in [-0.3, -0.25) is 0 Å². The number of nitrogens with two attached hydrogens (primary N) is 2. The normalized spacial score (nSPS) is 9.64. The first-order chi connectivity index (χ1) is 5.15. The Balaban J connectivity index is 3.21. The number of halogens is 1. The molecule has 0 aliphatic carbocycles. The van der Waals surface area contributed by atoms with Crippen molar-refractivity contribution in [2.45, 2.75) is 0 Å². The zero-order valence-electron chi connectivity index (χ0n) is 6.10. The predicted octanol–water partition coefficient (Wildman–Crippen LogP) is 0.999. The van der Waals surface area contributed by atoms with Gasteiger partial charge < -0.3 is 16.2 Å². The van der Waals surface area contributed by atoms with E-state index in [1.165, 1.54) is 13.2 Å². The molecule has 1 rings (SSSR count). The van der Waals surface area contributed by atoms with Gasteiger partial charge in [-0.25, -0.2) is 4.39 Å². The Labute approximate surface area is 63.8 Å². The molecule has 0 spiro atoms. The summed E-state index contributed by atoms with van der Waals surface area (Å²) in [6.07, 6.45) is 0. The Hall–Kier alpha value is -1.45. The Kier molecular flexibility index (Phi) is 1.85. The lowest BCUT2D eigenvalue weighted by molar-refractivity contribution is 0.387. The third kappa shape index (κ3) is 1.34. The molecule has 0 amide bonds. The Morgan fingerprint density at radius 2 is 1.82 bits per heavy atom. The fourth-order valence-corrected chi connectivity index (χ4v) is 0.741. The minimum atomic E-state index is -0.501. The molecule has 0 aliphatic rings. The number of methoxy groups -OCH3 is 1. The SMILES string of the molecule is COc1cc(N)c(N)cc1F. The lowest BCUT2D eigenvalue weighted by Crippen LogP contribution is -1.97. The second-order valence-corrected chi connectivity index (χ2v) is 2.12. The Morgan fingerprint density at radius 3 is 2.36 bits per heavy atom. The number of ether oxygens (including phenoxy) is 1. The van der Waals surface area contributed by atoms with Gasteiger partial charge in [0, 0.05) is 12.1 Å². The first-order valence-corrected chi connectivity index (χ1v) is 3.03. The molecule has 0 heterocycles. The molecular formula is C7H9FN2O. The molecule has 11 heavy (non-hydrogen) atoms. The second-order valence-electron chi connectivity index (χ2n) is 2.12. The first kappa shape index (κ1) is 7.65. The average molecular weight is 156 g/mol. The zero-order valence-corrected chi connectivity index (χ0v) is 6.10. The minimum Gasteiger partial charge on any atom is -0.494 e. The smallest absolute Gasteiger partial charge is 0.167 e. The summed E-state index contributed by atoms with van der Waals surface area (Å²) >= 11 is 0. The van der Waals surface area contributed by atoms with Crippen LogP contribution in [0.5, 0.6) is 5.75 Å². The summed E-state index contributed by atoms with van der Waals surface area (Å²) < 4.78 is 17.4. The standard InChI is InChI=1S/C7H9FN2O/c1-11-7-3-6(10)5(9)2-4(7)8/h2-3H,9-10H2,1H3. The second kappa shape index (κ2) is 2.65. The molecule has 0 fully saturated rings. The number of hydrogen-bond donors (Lipinski definition) is 2. The van der Waals surface area contributed by atoms with Crippen LogP contribution in [0.1, 0.15) is 0 Å². The van der Waals surface area contributed by atoms with E-state index < -0.39 is 5.82 Å². The van der Waals surface area contributed by atoms with E-state index in [-0.39, 0.29) is 11.4 Å². The third-order valence-corrected chi connectivity index (χ3v) is 1.36. The predicted molar refractivity (Wildman–Crippen MR) is 41.8 cm³/mol. The van der Waals surface area contributed by atoms with Gasteiger partial charge in [0.1, 0.15) is 0 Å². The van der Waals surface area contributed by atoms with E-state index >= 15 is 0 Å². The molecule has 0 aromatic heterocycles. The van der Waals surface area contributed by atoms with Crippen molar-refractivity contribution in [2.75, 3.05) is 18.6 Å². The summed E-state index contributed by atoms with van der Waals surface area (Å²) in [7, 11) is 1.37. The van der Waals surface area contributed by atoms with Crippen molar-refractivity contribution < 1.29 is 9.13 Å². The molecule has 1 aromatic carbocycles. The van der Waals surface area contributed by atoms with Gasteiger partial charge in [0.15, 0.2) is 11.6 Å². The van der Waals surface area contributed by atoms with Crippen LogP contribution < -0.4 is 16.2 Å². The highest BCUT2D eigenvalue weighted by Gasteiger charge is 2.04. The third-order valence-electron chi connectivity index (χ3n) is 1.36. The van der Waals surface area contributed by atoms with Crippen molar-refractivity contribution in [3.8, 4) is 5.75 Å². The number of benzene rings is 1. The molecule has 0 unspecified atom stereocenters. The van der Waals surface area contributed by atoms with E-state index in [0.29, 0.717) is 5.69 Å². The lowest BCUT2D eigenvalue weighted by Gasteiger charge is -2.04. The summed E-state index contributed by atoms with van der Waals surface area (Å²) in [4.78, 5) is 0. The fourth-order valence-electron chi connectivity index (χ4n) is 0.741. The van der Waals surface area contributed by atoms with Crippen molar-refractivity contribution in [2.24, 2.45) is 0 Å². The van der Waals surface area contributed by atoms with Crippen LogP contribution in [-0.2, 0) is 0 Å². The topological polar surface area (TPSA) is 61.3 Å². The molecule has 60 valence electrons. The summed E-state index contributed by atoms with van der Waals surface area (Å²) in [5.41, 5.74) is 11.3. The molecule has 0 saturated carbocycles. The maximum Gasteiger partial charge on any atom is 0.167 e. The maximum absolute atomic E-state index is 12.8. The van der Waals surface area contributed by atoms with E-state index in [4.69, 9.17) is 11.5 Å². The molecule has 0 atom stereocenters. The molecule has 0 aliphatic heterocycles. The van der Waals surface area contributed by atoms with Crippen molar-refractivity contribution in [3.05, 3.63) is 17.9 Å². The van der Waals surface area contributed by atoms with Crippen LogP contribution in [0, 0.1) is 5.82 Å². The molecule has 0 radical (unpaired) electrons. The van der Waals surface area contributed by atoms with Crippen molar-refractivity contribution in [1.29, 1.82) is 0 Å². The van der Waals surface area contributed by atoms with E-state index in [9.17, 15) is 4.39 Å². The van der Waals surface area contributed by atoms with E-state index in [1.807, 2.05) is 0 Å². The summed E-state index contributed by atoms with van der Waals surface area (Å²) in [5.74, 6) is -0.393. The van der Waals surface area contributed by atoms with Gasteiger partial charge in [-0.1, -0.05) is 0 Å². The number of anilines is 2. The highest BCUT2D eigenvalue weighted by Crippen LogP contribution is 2.24. The number of rotatable bonds is 1. The number of hydrogen-bond acceptors (Lipinski definition) is 3. The Bertz CT molecular complexity index is 275. The highest BCUT2D eigenvalue weighted by atomic mass is 19.1. The fraction of sp³-hybridized carbons (Fsp3) is 0.143. The summed E-state index contributed by atoms with van der Waals surface area (Å²) in [5, 5.41) is 0. The maximum atomic E-state index is 12.8.